The quantitative estimate of drug-likeness (QED) is 0.289. The lowest BCUT2D eigenvalue weighted by atomic mass is 9.94. The molecule has 1 aromatic rings. The summed E-state index contributed by atoms with van der Waals surface area (Å²) < 4.78 is -0.0599. The third-order valence-corrected chi connectivity index (χ3v) is 2.18. The second kappa shape index (κ2) is 2.78. The van der Waals surface area contributed by atoms with Gasteiger partial charge >= 0.3 is 0 Å². The molecule has 12 heavy (non-hydrogen) atoms. The first-order valence-corrected chi connectivity index (χ1v) is 3.67. The summed E-state index contributed by atoms with van der Waals surface area (Å²) in [6, 6.07) is 0. The van der Waals surface area contributed by atoms with Gasteiger partial charge in [0.05, 0.1) is 4.47 Å². The second-order valence-electron chi connectivity index (χ2n) is 2.12. The monoisotopic (exact) mass is 230 g/mol. The molecule has 0 saturated heterocycles. The molecule has 1 rings (SSSR count). The van der Waals surface area contributed by atoms with Crippen molar-refractivity contribution in [1.29, 1.82) is 0 Å². The van der Waals surface area contributed by atoms with Crippen molar-refractivity contribution in [1.82, 2.24) is 0 Å². The van der Waals surface area contributed by atoms with Crippen molar-refractivity contribution >= 4 is 29.2 Å². The minimum Gasteiger partial charge on any atom is -0.505 e. The third kappa shape index (κ3) is 1.08. The molecule has 0 unspecified atom stereocenters. The Morgan fingerprint density at radius 2 is 1.25 bits per heavy atom. The molecule has 6 heteroatoms. The molecular weight excluding hydrogens is 227 g/mol. The van der Waals surface area contributed by atoms with Crippen LogP contribution in [0.4, 0.5) is 0 Å². The molecule has 0 fully saturated rings. The van der Waals surface area contributed by atoms with E-state index in [0.717, 1.165) is 0 Å². The average Bonchev–Trinajstić information content (AvgIpc) is 2.08. The SMILES string of the molecule is [B]c1c(O)c(O)c(O)c(O)c1Br. The Kier molecular flexibility index (Phi) is 2.10. The zero-order valence-corrected chi connectivity index (χ0v) is 7.33. The van der Waals surface area contributed by atoms with Crippen LogP contribution < -0.4 is 5.46 Å². The van der Waals surface area contributed by atoms with Crippen molar-refractivity contribution in [3.63, 3.8) is 0 Å². The molecule has 0 aliphatic carbocycles. The molecule has 0 atom stereocenters. The summed E-state index contributed by atoms with van der Waals surface area (Å²) in [7, 11) is 5.22. The van der Waals surface area contributed by atoms with E-state index >= 15 is 0 Å². The van der Waals surface area contributed by atoms with Gasteiger partial charge in [0, 0.05) is 0 Å². The lowest BCUT2D eigenvalue weighted by Crippen LogP contribution is -2.05. The molecule has 62 valence electrons. The van der Waals surface area contributed by atoms with Crippen LogP contribution in [0.15, 0.2) is 4.47 Å². The lowest BCUT2D eigenvalue weighted by molar-refractivity contribution is 0.346. The van der Waals surface area contributed by atoms with E-state index in [1.165, 1.54) is 0 Å². The van der Waals surface area contributed by atoms with Gasteiger partial charge in [-0.1, -0.05) is 0 Å². The molecule has 0 aliphatic heterocycles. The van der Waals surface area contributed by atoms with Gasteiger partial charge in [-0.05, 0) is 21.4 Å². The van der Waals surface area contributed by atoms with Crippen LogP contribution in [-0.4, -0.2) is 28.3 Å². The number of phenols is 4. The zero-order valence-electron chi connectivity index (χ0n) is 5.74. The Labute approximate surface area is 77.6 Å². The number of benzene rings is 1. The van der Waals surface area contributed by atoms with E-state index in [1.54, 1.807) is 0 Å². The largest absolute Gasteiger partial charge is 0.505 e. The number of hydrogen-bond acceptors (Lipinski definition) is 4. The highest BCUT2D eigenvalue weighted by atomic mass is 79.9. The molecule has 0 spiro atoms. The lowest BCUT2D eigenvalue weighted by Gasteiger charge is -2.08. The highest BCUT2D eigenvalue weighted by molar-refractivity contribution is 9.10. The minimum atomic E-state index is -0.840. The van der Waals surface area contributed by atoms with E-state index < -0.39 is 23.0 Å². The second-order valence-corrected chi connectivity index (χ2v) is 2.92. The Morgan fingerprint density at radius 3 is 1.75 bits per heavy atom. The standard InChI is InChI=1S/C6H4BBrO4/c7-1-2(8)4(10)6(12)5(11)3(1)9/h9-12H. The predicted octanol–water partition coefficient (Wildman–Crippen LogP) is 0.0653. The molecule has 0 aliphatic rings. The average molecular weight is 231 g/mol. The number of aromatic hydroxyl groups is 4. The van der Waals surface area contributed by atoms with Crippen molar-refractivity contribution in [3.05, 3.63) is 4.47 Å². The topological polar surface area (TPSA) is 80.9 Å². The van der Waals surface area contributed by atoms with Crippen LogP contribution >= 0.6 is 15.9 Å². The summed E-state index contributed by atoms with van der Waals surface area (Å²) in [6.07, 6.45) is 0. The van der Waals surface area contributed by atoms with E-state index in [4.69, 9.17) is 28.3 Å². The van der Waals surface area contributed by atoms with Gasteiger partial charge in [0.2, 0.25) is 11.5 Å². The molecule has 0 amide bonds. The first kappa shape index (κ1) is 9.06. The maximum absolute atomic E-state index is 9.04. The van der Waals surface area contributed by atoms with Crippen molar-refractivity contribution in [2.45, 2.75) is 0 Å². The minimum absolute atomic E-state index is 0.0599. The predicted molar refractivity (Wildman–Crippen MR) is 46.2 cm³/mol. The van der Waals surface area contributed by atoms with Crippen LogP contribution in [0.5, 0.6) is 23.0 Å². The summed E-state index contributed by atoms with van der Waals surface area (Å²) in [6.45, 7) is 0. The van der Waals surface area contributed by atoms with Crippen molar-refractivity contribution in [3.8, 4) is 23.0 Å². The maximum Gasteiger partial charge on any atom is 0.205 e. The van der Waals surface area contributed by atoms with Gasteiger partial charge in [0.15, 0.2) is 11.5 Å². The van der Waals surface area contributed by atoms with Gasteiger partial charge in [-0.15, -0.1) is 0 Å². The fourth-order valence-electron chi connectivity index (χ4n) is 0.687. The van der Waals surface area contributed by atoms with Crippen LogP contribution in [0.3, 0.4) is 0 Å². The van der Waals surface area contributed by atoms with Crippen LogP contribution in [0.2, 0.25) is 0 Å². The van der Waals surface area contributed by atoms with Crippen LogP contribution in [0.1, 0.15) is 0 Å². The Bertz CT molecular complexity index is 234. The van der Waals surface area contributed by atoms with Gasteiger partial charge < -0.3 is 20.4 Å². The van der Waals surface area contributed by atoms with E-state index in [0.29, 0.717) is 0 Å². The first-order valence-electron chi connectivity index (χ1n) is 2.87. The van der Waals surface area contributed by atoms with Crippen molar-refractivity contribution in [2.24, 2.45) is 0 Å². The third-order valence-electron chi connectivity index (χ3n) is 1.37. The highest BCUT2D eigenvalue weighted by Gasteiger charge is 2.18. The molecule has 2 radical (unpaired) electrons. The molecule has 0 bridgehead atoms. The summed E-state index contributed by atoms with van der Waals surface area (Å²) >= 11 is 2.81. The molecule has 4 N–H and O–H groups in total. The molecule has 0 aromatic heterocycles. The van der Waals surface area contributed by atoms with Crippen molar-refractivity contribution < 1.29 is 20.4 Å². The molecule has 1 aromatic carbocycles. The Balaban J connectivity index is 3.60. The van der Waals surface area contributed by atoms with Gasteiger partial charge in [-0.2, -0.15) is 0 Å². The number of rotatable bonds is 0. The van der Waals surface area contributed by atoms with E-state index in [1.807, 2.05) is 0 Å². The number of phenolic OH excluding ortho intramolecular Hbond substituents is 4. The van der Waals surface area contributed by atoms with Crippen LogP contribution in [-0.2, 0) is 0 Å². The van der Waals surface area contributed by atoms with Gasteiger partial charge in [-0.25, -0.2) is 0 Å². The molecular formula is C6H4BBrO4. The summed E-state index contributed by atoms with van der Waals surface area (Å²) in [5.41, 5.74) is -0.234. The summed E-state index contributed by atoms with van der Waals surface area (Å²) in [4.78, 5) is 0. The fraction of sp³-hybridized carbons (Fsp3) is 0. The van der Waals surface area contributed by atoms with E-state index in [2.05, 4.69) is 15.9 Å². The maximum atomic E-state index is 9.04. The smallest absolute Gasteiger partial charge is 0.205 e. The zero-order chi connectivity index (χ0) is 9.46. The number of hydrogen-bond donors (Lipinski definition) is 4. The Hall–Kier alpha value is -1.04. The highest BCUT2D eigenvalue weighted by Crippen LogP contribution is 2.43. The number of halogens is 1. The molecule has 4 nitrogen and oxygen atoms in total. The fourth-order valence-corrected chi connectivity index (χ4v) is 1.06. The van der Waals surface area contributed by atoms with E-state index in [-0.39, 0.29) is 9.94 Å². The first-order chi connectivity index (χ1) is 5.46. The Morgan fingerprint density at radius 1 is 0.833 bits per heavy atom. The molecule has 0 heterocycles. The van der Waals surface area contributed by atoms with E-state index in [9.17, 15) is 0 Å². The van der Waals surface area contributed by atoms with Gasteiger partial charge in [-0.3, -0.25) is 0 Å². The van der Waals surface area contributed by atoms with Gasteiger partial charge in [0.1, 0.15) is 7.85 Å². The van der Waals surface area contributed by atoms with Crippen molar-refractivity contribution in [2.75, 3.05) is 0 Å². The summed E-state index contributed by atoms with van der Waals surface area (Å²) in [5.74, 6) is -2.93. The van der Waals surface area contributed by atoms with Crippen LogP contribution in [0, 0.1) is 0 Å². The van der Waals surface area contributed by atoms with Gasteiger partial charge in [0.25, 0.3) is 0 Å². The summed E-state index contributed by atoms with van der Waals surface area (Å²) in [5, 5.41) is 35.9. The molecule has 0 saturated carbocycles. The van der Waals surface area contributed by atoms with Crippen LogP contribution in [0.25, 0.3) is 0 Å². The normalized spacial score (nSPS) is 10.1.